The SMILES string of the molecule is COc1ccc([C@@H]2CN(C(C)(C)C)C[C@@]2(F)C(=O)N2CCC(c3ccc(C(F)(F)F)cc3N3C[C@@H]4C(C)[C@@H]4C3)CC2)cc1. The number of halogens is 4. The fourth-order valence-electron chi connectivity index (χ4n) is 7.77. The zero-order valence-corrected chi connectivity index (χ0v) is 25.8. The number of piperidine rings is 2. The summed E-state index contributed by atoms with van der Waals surface area (Å²) in [7, 11) is 1.58. The number of carbonyl (C=O) groups is 1. The molecule has 5 atom stereocenters. The number of alkyl halides is 4. The summed E-state index contributed by atoms with van der Waals surface area (Å²) in [6.07, 6.45) is -3.22. The first-order valence-electron chi connectivity index (χ1n) is 15.5. The molecule has 5 nitrogen and oxygen atoms in total. The Balaban J connectivity index is 1.21. The van der Waals surface area contributed by atoms with E-state index in [2.05, 4.69) is 11.8 Å². The average Bonchev–Trinajstić information content (AvgIpc) is 3.30. The molecule has 234 valence electrons. The second kappa shape index (κ2) is 10.7. The van der Waals surface area contributed by atoms with E-state index in [0.717, 1.165) is 24.2 Å². The number of ether oxygens (including phenoxy) is 1. The zero-order chi connectivity index (χ0) is 30.9. The second-order valence-electron chi connectivity index (χ2n) is 14.2. The fraction of sp³-hybridized carbons (Fsp3) is 0.618. The van der Waals surface area contributed by atoms with Crippen LogP contribution >= 0.6 is 0 Å². The highest BCUT2D eigenvalue weighted by atomic mass is 19.4. The van der Waals surface area contributed by atoms with Crippen molar-refractivity contribution < 1.29 is 27.1 Å². The molecule has 1 unspecified atom stereocenters. The van der Waals surface area contributed by atoms with Gasteiger partial charge in [0.25, 0.3) is 5.91 Å². The van der Waals surface area contributed by atoms with Crippen molar-refractivity contribution in [3.05, 3.63) is 59.2 Å². The van der Waals surface area contributed by atoms with Gasteiger partial charge in [-0.3, -0.25) is 9.69 Å². The van der Waals surface area contributed by atoms with Crippen LogP contribution in [0.1, 0.15) is 69.1 Å². The molecule has 2 aromatic carbocycles. The monoisotopic (exact) mass is 601 g/mol. The van der Waals surface area contributed by atoms with Crippen LogP contribution in [0.5, 0.6) is 5.75 Å². The van der Waals surface area contributed by atoms with E-state index in [4.69, 9.17) is 4.74 Å². The average molecular weight is 602 g/mol. The van der Waals surface area contributed by atoms with Crippen molar-refractivity contribution in [3.63, 3.8) is 0 Å². The Morgan fingerprint density at radius 1 is 0.953 bits per heavy atom. The molecule has 1 amide bonds. The normalized spacial score (nSPS) is 30.1. The molecule has 1 aliphatic carbocycles. The Labute approximate surface area is 252 Å². The Hall–Kier alpha value is -2.81. The first-order chi connectivity index (χ1) is 20.2. The van der Waals surface area contributed by atoms with Crippen LogP contribution in [0.25, 0.3) is 0 Å². The van der Waals surface area contributed by atoms with E-state index in [1.54, 1.807) is 30.2 Å². The maximum Gasteiger partial charge on any atom is 0.416 e. The molecule has 0 bridgehead atoms. The highest BCUT2D eigenvalue weighted by molar-refractivity contribution is 5.87. The van der Waals surface area contributed by atoms with Gasteiger partial charge < -0.3 is 14.5 Å². The molecule has 43 heavy (non-hydrogen) atoms. The van der Waals surface area contributed by atoms with Gasteiger partial charge in [-0.15, -0.1) is 0 Å². The molecule has 0 radical (unpaired) electrons. The molecule has 3 heterocycles. The summed E-state index contributed by atoms with van der Waals surface area (Å²) in [4.78, 5) is 19.8. The predicted octanol–water partition coefficient (Wildman–Crippen LogP) is 6.73. The Morgan fingerprint density at radius 3 is 2.14 bits per heavy atom. The van der Waals surface area contributed by atoms with E-state index >= 15 is 4.39 Å². The van der Waals surface area contributed by atoms with Crippen molar-refractivity contribution >= 4 is 11.6 Å². The quantitative estimate of drug-likeness (QED) is 0.356. The molecule has 0 N–H and O–H groups in total. The number of methoxy groups -OCH3 is 1. The van der Waals surface area contributed by atoms with Crippen LogP contribution in [0.15, 0.2) is 42.5 Å². The molecular formula is C34H43F4N3O2. The Kier molecular flexibility index (Phi) is 7.50. The molecule has 2 aromatic rings. The van der Waals surface area contributed by atoms with Crippen molar-refractivity contribution in [3.8, 4) is 5.75 Å². The van der Waals surface area contributed by atoms with Crippen LogP contribution < -0.4 is 9.64 Å². The summed E-state index contributed by atoms with van der Waals surface area (Å²) in [5.74, 6) is 1.33. The minimum Gasteiger partial charge on any atom is -0.497 e. The third kappa shape index (κ3) is 5.51. The smallest absolute Gasteiger partial charge is 0.416 e. The Bertz CT molecular complexity index is 1340. The molecule has 1 saturated carbocycles. The Morgan fingerprint density at radius 2 is 1.58 bits per heavy atom. The number of rotatable bonds is 5. The van der Waals surface area contributed by atoms with Gasteiger partial charge in [-0.25, -0.2) is 4.39 Å². The van der Waals surface area contributed by atoms with Gasteiger partial charge >= 0.3 is 6.18 Å². The molecule has 3 aliphatic heterocycles. The van der Waals surface area contributed by atoms with Crippen molar-refractivity contribution in [2.75, 3.05) is 51.3 Å². The zero-order valence-electron chi connectivity index (χ0n) is 25.8. The summed E-state index contributed by atoms with van der Waals surface area (Å²) in [6, 6.07) is 11.4. The first-order valence-corrected chi connectivity index (χ1v) is 15.5. The fourth-order valence-corrected chi connectivity index (χ4v) is 7.77. The molecule has 3 saturated heterocycles. The largest absolute Gasteiger partial charge is 0.497 e. The van der Waals surface area contributed by atoms with Crippen LogP contribution in [0, 0.1) is 17.8 Å². The molecule has 0 aromatic heterocycles. The summed E-state index contributed by atoms with van der Waals surface area (Å²) in [5.41, 5.74) is -0.649. The number of hydrogen-bond donors (Lipinski definition) is 0. The van der Waals surface area contributed by atoms with Gasteiger partial charge in [0, 0.05) is 56.4 Å². The molecule has 0 spiro atoms. The van der Waals surface area contributed by atoms with Crippen molar-refractivity contribution in [1.82, 2.24) is 9.80 Å². The van der Waals surface area contributed by atoms with E-state index < -0.39 is 29.2 Å². The summed E-state index contributed by atoms with van der Waals surface area (Å²) in [5, 5.41) is 0. The molecule has 4 aliphatic rings. The van der Waals surface area contributed by atoms with Gasteiger partial charge in [0.2, 0.25) is 5.67 Å². The number of carbonyl (C=O) groups excluding carboxylic acids is 1. The number of likely N-dealkylation sites (tertiary alicyclic amines) is 2. The van der Waals surface area contributed by atoms with Gasteiger partial charge in [0.15, 0.2) is 0 Å². The summed E-state index contributed by atoms with van der Waals surface area (Å²) >= 11 is 0. The number of fused-ring (bicyclic) bond motifs is 1. The third-order valence-corrected chi connectivity index (χ3v) is 10.7. The molecular weight excluding hydrogens is 558 g/mol. The predicted molar refractivity (Wildman–Crippen MR) is 159 cm³/mol. The van der Waals surface area contributed by atoms with Crippen molar-refractivity contribution in [2.24, 2.45) is 17.8 Å². The molecule has 4 fully saturated rings. The van der Waals surface area contributed by atoms with Crippen LogP contribution in [-0.2, 0) is 11.0 Å². The summed E-state index contributed by atoms with van der Waals surface area (Å²) < 4.78 is 63.5. The van der Waals surface area contributed by atoms with Crippen LogP contribution in [0.4, 0.5) is 23.2 Å². The minimum absolute atomic E-state index is 0.0123. The molecule has 9 heteroatoms. The highest BCUT2D eigenvalue weighted by Crippen LogP contribution is 2.53. The second-order valence-corrected chi connectivity index (χ2v) is 14.2. The van der Waals surface area contributed by atoms with Crippen LogP contribution in [0.2, 0.25) is 0 Å². The third-order valence-electron chi connectivity index (χ3n) is 10.7. The topological polar surface area (TPSA) is 36.0 Å². The van der Waals surface area contributed by atoms with Crippen LogP contribution in [0.3, 0.4) is 0 Å². The number of hydrogen-bond acceptors (Lipinski definition) is 4. The first kappa shape index (κ1) is 30.2. The van der Waals surface area contributed by atoms with E-state index in [0.29, 0.717) is 61.7 Å². The lowest BCUT2D eigenvalue weighted by Crippen LogP contribution is -2.53. The van der Waals surface area contributed by atoms with E-state index in [1.807, 2.05) is 37.8 Å². The van der Waals surface area contributed by atoms with E-state index in [9.17, 15) is 18.0 Å². The lowest BCUT2D eigenvalue weighted by atomic mass is 9.83. The van der Waals surface area contributed by atoms with E-state index in [-0.39, 0.29) is 18.0 Å². The standard InChI is InChI=1S/C34H43F4N3O2/c1-21-27-17-40(18-28(21)27)30-16-24(34(36,37)38)8-11-26(30)22-12-14-39(15-13-22)31(42)33(35)20-41(32(2,3)4)19-29(33)23-6-9-25(43-5)10-7-23/h6-11,16,21-22,27-29H,12-15,17-20H2,1-5H3/t21?,27-,28+,29-,33-/m0/s1. The van der Waals surface area contributed by atoms with E-state index in [1.165, 1.54) is 12.1 Å². The van der Waals surface area contributed by atoms with Gasteiger partial charge in [0.05, 0.1) is 12.7 Å². The van der Waals surface area contributed by atoms with Crippen molar-refractivity contribution in [1.29, 1.82) is 0 Å². The van der Waals surface area contributed by atoms with Crippen molar-refractivity contribution in [2.45, 2.75) is 69.8 Å². The van der Waals surface area contributed by atoms with Gasteiger partial charge in [-0.2, -0.15) is 13.2 Å². The van der Waals surface area contributed by atoms with Gasteiger partial charge in [-0.1, -0.05) is 25.1 Å². The van der Waals surface area contributed by atoms with Crippen LogP contribution in [-0.4, -0.2) is 73.3 Å². The maximum absolute atomic E-state index is 17.1. The lowest BCUT2D eigenvalue weighted by molar-refractivity contribution is -0.145. The number of amides is 1. The van der Waals surface area contributed by atoms with Gasteiger partial charge in [0.1, 0.15) is 5.75 Å². The highest BCUT2D eigenvalue weighted by Gasteiger charge is 2.57. The minimum atomic E-state index is -4.41. The van der Waals surface area contributed by atoms with Gasteiger partial charge in [-0.05, 0) is 92.7 Å². The lowest BCUT2D eigenvalue weighted by Gasteiger charge is -2.38. The number of nitrogens with zero attached hydrogens (tertiary/aromatic N) is 3. The summed E-state index contributed by atoms with van der Waals surface area (Å²) in [6.45, 7) is 11.1. The maximum atomic E-state index is 17.1. The number of anilines is 1. The molecule has 6 rings (SSSR count). The number of benzene rings is 2.